The van der Waals surface area contributed by atoms with Crippen molar-refractivity contribution in [3.63, 3.8) is 0 Å². The van der Waals surface area contributed by atoms with E-state index in [0.717, 1.165) is 22.8 Å². The van der Waals surface area contributed by atoms with Crippen LogP contribution in [0.1, 0.15) is 17.7 Å². The van der Waals surface area contributed by atoms with Gasteiger partial charge in [-0.25, -0.2) is 4.98 Å². The van der Waals surface area contributed by atoms with Crippen molar-refractivity contribution >= 4 is 22.4 Å². The molecule has 0 unspecified atom stereocenters. The fourth-order valence-electron chi connectivity index (χ4n) is 2.02. The Balaban J connectivity index is 1.47. The minimum absolute atomic E-state index is 0.0146. The lowest BCUT2D eigenvalue weighted by Gasteiger charge is -2.05. The van der Waals surface area contributed by atoms with Crippen LogP contribution in [0.3, 0.4) is 0 Å². The summed E-state index contributed by atoms with van der Waals surface area (Å²) >= 11 is 1.39. The zero-order valence-corrected chi connectivity index (χ0v) is 12.1. The highest BCUT2D eigenvalue weighted by Gasteiger charge is 2.13. The van der Waals surface area contributed by atoms with E-state index in [-0.39, 0.29) is 12.7 Å². The monoisotopic (exact) mass is 305 g/mol. The van der Waals surface area contributed by atoms with Crippen molar-refractivity contribution in [2.24, 2.45) is 0 Å². The molecule has 7 heteroatoms. The van der Waals surface area contributed by atoms with Gasteiger partial charge in [-0.15, -0.1) is 11.3 Å². The Kier molecular flexibility index (Phi) is 3.92. The fraction of sp³-hybridized carbons (Fsp3) is 0.286. The number of carbonyl (C=O) groups is 1. The Morgan fingerprint density at radius 2 is 2.24 bits per heavy atom. The maximum absolute atomic E-state index is 11.8. The second kappa shape index (κ2) is 6.01. The van der Waals surface area contributed by atoms with Gasteiger partial charge in [-0.05, 0) is 24.1 Å². The number of aryl methyl sites for hydroxylation is 1. The molecule has 3 rings (SSSR count). The molecule has 0 fully saturated rings. The van der Waals surface area contributed by atoms with Crippen LogP contribution in [0.2, 0.25) is 0 Å². The lowest BCUT2D eigenvalue weighted by atomic mass is 10.2. The van der Waals surface area contributed by atoms with E-state index >= 15 is 0 Å². The van der Waals surface area contributed by atoms with Gasteiger partial charge in [0.25, 0.3) is 0 Å². The van der Waals surface area contributed by atoms with E-state index < -0.39 is 0 Å². The van der Waals surface area contributed by atoms with Gasteiger partial charge >= 0.3 is 0 Å². The van der Waals surface area contributed by atoms with E-state index in [1.165, 1.54) is 11.3 Å². The van der Waals surface area contributed by atoms with Crippen LogP contribution in [0.5, 0.6) is 11.5 Å². The first-order chi connectivity index (χ1) is 10.2. The summed E-state index contributed by atoms with van der Waals surface area (Å²) in [6.45, 7) is 0.719. The van der Waals surface area contributed by atoms with Gasteiger partial charge in [0.15, 0.2) is 16.6 Å². The molecular weight excluding hydrogens is 290 g/mol. The molecule has 0 aliphatic carbocycles. The summed E-state index contributed by atoms with van der Waals surface area (Å²) < 4.78 is 10.5. The van der Waals surface area contributed by atoms with Crippen molar-refractivity contribution < 1.29 is 14.3 Å². The summed E-state index contributed by atoms with van der Waals surface area (Å²) in [7, 11) is 0. The fourth-order valence-corrected chi connectivity index (χ4v) is 2.62. The van der Waals surface area contributed by atoms with Crippen molar-refractivity contribution in [2.75, 3.05) is 12.5 Å². The smallest absolute Gasteiger partial charge is 0.231 e. The first-order valence-electron chi connectivity index (χ1n) is 6.56. The Hall–Kier alpha value is -2.28. The number of amides is 1. The molecule has 1 amide bonds. The first kappa shape index (κ1) is 13.7. The number of nitrogens with two attached hydrogens (primary N) is 1. The first-order valence-corrected chi connectivity index (χ1v) is 7.44. The Bertz CT molecular complexity index is 657. The Labute approximate surface area is 125 Å². The zero-order valence-electron chi connectivity index (χ0n) is 11.3. The summed E-state index contributed by atoms with van der Waals surface area (Å²) in [6.07, 6.45) is 0.994. The number of fused-ring (bicyclic) bond motifs is 1. The Morgan fingerprint density at radius 3 is 3.05 bits per heavy atom. The molecule has 1 aliphatic rings. The van der Waals surface area contributed by atoms with Crippen molar-refractivity contribution in [1.82, 2.24) is 10.3 Å². The molecule has 1 aromatic carbocycles. The molecule has 2 heterocycles. The van der Waals surface area contributed by atoms with Crippen LogP contribution in [0.4, 0.5) is 5.13 Å². The highest BCUT2D eigenvalue weighted by molar-refractivity contribution is 7.13. The third kappa shape index (κ3) is 3.43. The third-order valence-electron chi connectivity index (χ3n) is 3.10. The quantitative estimate of drug-likeness (QED) is 0.878. The largest absolute Gasteiger partial charge is 0.454 e. The van der Waals surface area contributed by atoms with Gasteiger partial charge in [0.1, 0.15) is 0 Å². The SMILES string of the molecule is Nc1nc(CCC(=O)NCc2ccc3c(c2)OCO3)cs1. The number of carbonyl (C=O) groups excluding carboxylic acids is 1. The molecule has 0 saturated heterocycles. The number of ether oxygens (including phenoxy) is 2. The van der Waals surface area contributed by atoms with Gasteiger partial charge in [-0.3, -0.25) is 4.79 Å². The summed E-state index contributed by atoms with van der Waals surface area (Å²) in [5.41, 5.74) is 7.38. The van der Waals surface area contributed by atoms with Gasteiger partial charge in [-0.2, -0.15) is 0 Å². The van der Waals surface area contributed by atoms with E-state index in [9.17, 15) is 4.79 Å². The molecule has 0 saturated carbocycles. The highest BCUT2D eigenvalue weighted by Crippen LogP contribution is 2.32. The number of nitrogen functional groups attached to an aromatic ring is 1. The maximum atomic E-state index is 11.8. The molecule has 0 atom stereocenters. The number of nitrogens with zero attached hydrogens (tertiary/aromatic N) is 1. The number of hydrogen-bond acceptors (Lipinski definition) is 6. The number of benzene rings is 1. The predicted octanol–water partition coefficient (Wildman–Crippen LogP) is 1.70. The zero-order chi connectivity index (χ0) is 14.7. The molecule has 3 N–H and O–H groups in total. The molecule has 110 valence electrons. The normalized spacial score (nSPS) is 12.4. The lowest BCUT2D eigenvalue weighted by molar-refractivity contribution is -0.121. The average Bonchev–Trinajstić information content (AvgIpc) is 3.10. The molecule has 6 nitrogen and oxygen atoms in total. The van der Waals surface area contributed by atoms with Crippen molar-refractivity contribution in [3.8, 4) is 11.5 Å². The minimum atomic E-state index is -0.0146. The van der Waals surface area contributed by atoms with Crippen LogP contribution >= 0.6 is 11.3 Å². The van der Waals surface area contributed by atoms with Crippen LogP contribution in [0.25, 0.3) is 0 Å². The summed E-state index contributed by atoms with van der Waals surface area (Å²) in [6, 6.07) is 5.64. The van der Waals surface area contributed by atoms with Gasteiger partial charge in [0.2, 0.25) is 12.7 Å². The summed E-state index contributed by atoms with van der Waals surface area (Å²) in [4.78, 5) is 15.9. The van der Waals surface area contributed by atoms with Crippen LogP contribution in [-0.2, 0) is 17.8 Å². The van der Waals surface area contributed by atoms with Gasteiger partial charge in [0.05, 0.1) is 5.69 Å². The average molecular weight is 305 g/mol. The highest BCUT2D eigenvalue weighted by atomic mass is 32.1. The number of hydrogen-bond donors (Lipinski definition) is 2. The molecule has 1 aliphatic heterocycles. The van der Waals surface area contributed by atoms with E-state index in [4.69, 9.17) is 15.2 Å². The molecule has 0 bridgehead atoms. The maximum Gasteiger partial charge on any atom is 0.231 e. The van der Waals surface area contributed by atoms with E-state index in [1.54, 1.807) is 0 Å². The molecule has 21 heavy (non-hydrogen) atoms. The second-order valence-electron chi connectivity index (χ2n) is 4.64. The minimum Gasteiger partial charge on any atom is -0.454 e. The number of rotatable bonds is 5. The molecular formula is C14H15N3O3S. The lowest BCUT2D eigenvalue weighted by Crippen LogP contribution is -2.23. The molecule has 0 spiro atoms. The Morgan fingerprint density at radius 1 is 1.38 bits per heavy atom. The number of anilines is 1. The standard InChI is InChI=1S/C14H15N3O3S/c15-14-17-10(7-21-14)2-4-13(18)16-6-9-1-3-11-12(5-9)20-8-19-11/h1,3,5,7H,2,4,6,8H2,(H2,15,17)(H,16,18). The summed E-state index contributed by atoms with van der Waals surface area (Å²) in [5.74, 6) is 1.45. The van der Waals surface area contributed by atoms with Crippen LogP contribution in [0.15, 0.2) is 23.6 Å². The van der Waals surface area contributed by atoms with Crippen LogP contribution in [0, 0.1) is 0 Å². The molecule has 1 aromatic heterocycles. The van der Waals surface area contributed by atoms with Crippen LogP contribution < -0.4 is 20.5 Å². The number of thiazole rings is 1. The predicted molar refractivity (Wildman–Crippen MR) is 79.3 cm³/mol. The van der Waals surface area contributed by atoms with Crippen molar-refractivity contribution in [1.29, 1.82) is 0 Å². The number of nitrogens with one attached hydrogen (secondary N) is 1. The number of aromatic nitrogens is 1. The van der Waals surface area contributed by atoms with E-state index in [0.29, 0.717) is 24.5 Å². The van der Waals surface area contributed by atoms with Gasteiger partial charge in [-0.1, -0.05) is 6.07 Å². The van der Waals surface area contributed by atoms with E-state index in [2.05, 4.69) is 10.3 Å². The molecule has 2 aromatic rings. The summed E-state index contributed by atoms with van der Waals surface area (Å²) in [5, 5.41) is 5.28. The molecule has 0 radical (unpaired) electrons. The van der Waals surface area contributed by atoms with Crippen molar-refractivity contribution in [2.45, 2.75) is 19.4 Å². The van der Waals surface area contributed by atoms with Gasteiger partial charge < -0.3 is 20.5 Å². The van der Waals surface area contributed by atoms with Crippen LogP contribution in [-0.4, -0.2) is 17.7 Å². The van der Waals surface area contributed by atoms with Crippen molar-refractivity contribution in [3.05, 3.63) is 34.8 Å². The second-order valence-corrected chi connectivity index (χ2v) is 5.53. The topological polar surface area (TPSA) is 86.5 Å². The van der Waals surface area contributed by atoms with E-state index in [1.807, 2.05) is 23.6 Å². The third-order valence-corrected chi connectivity index (χ3v) is 3.83. The van der Waals surface area contributed by atoms with Gasteiger partial charge in [0, 0.05) is 18.3 Å².